The molecule has 134 valence electrons. The Morgan fingerprint density at radius 2 is 1.56 bits per heavy atom. The first-order chi connectivity index (χ1) is 11.9. The molecule has 3 rings (SSSR count). The van der Waals surface area contributed by atoms with Crippen LogP contribution in [0, 0.1) is 11.6 Å². The predicted octanol–water partition coefficient (Wildman–Crippen LogP) is 3.98. The molecule has 7 heteroatoms. The summed E-state index contributed by atoms with van der Waals surface area (Å²) >= 11 is 0. The molecule has 0 aliphatic carbocycles. The van der Waals surface area contributed by atoms with Gasteiger partial charge in [-0.15, -0.1) is 0 Å². The fraction of sp³-hybridized carbons (Fsp3) is 0.333. The molecule has 0 amide bonds. The van der Waals surface area contributed by atoms with E-state index in [9.17, 15) is 22.0 Å². The molecule has 1 atom stereocenters. The van der Waals surface area contributed by atoms with Gasteiger partial charge >= 0.3 is 6.18 Å². The second-order valence-corrected chi connectivity index (χ2v) is 5.97. The second kappa shape index (κ2) is 7.09. The molecule has 1 heterocycles. The third-order valence-corrected chi connectivity index (χ3v) is 4.33. The van der Waals surface area contributed by atoms with Crippen molar-refractivity contribution in [2.24, 2.45) is 0 Å². The molecule has 2 aromatic carbocycles. The largest absolute Gasteiger partial charge is 0.416 e. The molecule has 2 nitrogen and oxygen atoms in total. The zero-order valence-electron chi connectivity index (χ0n) is 13.3. The van der Waals surface area contributed by atoms with Crippen LogP contribution in [0.25, 0.3) is 0 Å². The van der Waals surface area contributed by atoms with Crippen LogP contribution in [-0.2, 0) is 6.18 Å². The maximum absolute atomic E-state index is 14.3. The number of hydrogen-bond acceptors (Lipinski definition) is 2. The molecule has 0 spiro atoms. The lowest BCUT2D eigenvalue weighted by Crippen LogP contribution is -2.45. The predicted molar refractivity (Wildman–Crippen MR) is 84.1 cm³/mol. The summed E-state index contributed by atoms with van der Waals surface area (Å²) < 4.78 is 66.0. The summed E-state index contributed by atoms with van der Waals surface area (Å²) in [7, 11) is 0. The first-order valence-electron chi connectivity index (χ1n) is 7.93. The van der Waals surface area contributed by atoms with Gasteiger partial charge in [0, 0.05) is 37.8 Å². The molecule has 0 saturated carbocycles. The number of nitrogens with zero attached hydrogens (tertiary/aromatic N) is 1. The Hall–Kier alpha value is -1.99. The van der Waals surface area contributed by atoms with Crippen molar-refractivity contribution in [3.8, 4) is 0 Å². The molecule has 25 heavy (non-hydrogen) atoms. The highest BCUT2D eigenvalue weighted by Gasteiger charge is 2.31. The molecule has 0 bridgehead atoms. The normalized spacial score (nSPS) is 17.5. The third kappa shape index (κ3) is 3.99. The van der Waals surface area contributed by atoms with Crippen LogP contribution in [0.5, 0.6) is 0 Å². The van der Waals surface area contributed by atoms with E-state index < -0.39 is 29.4 Å². The Kier molecular flexibility index (Phi) is 5.06. The van der Waals surface area contributed by atoms with Crippen molar-refractivity contribution in [1.29, 1.82) is 0 Å². The van der Waals surface area contributed by atoms with E-state index in [0.717, 1.165) is 24.3 Å². The van der Waals surface area contributed by atoms with E-state index in [1.54, 1.807) is 0 Å². The minimum Gasteiger partial charge on any atom is -0.314 e. The zero-order valence-corrected chi connectivity index (χ0v) is 13.3. The Balaban J connectivity index is 2.01. The first kappa shape index (κ1) is 17.8. The van der Waals surface area contributed by atoms with E-state index in [1.807, 2.05) is 4.90 Å². The van der Waals surface area contributed by atoms with Gasteiger partial charge in [0.05, 0.1) is 11.6 Å². The smallest absolute Gasteiger partial charge is 0.314 e. The van der Waals surface area contributed by atoms with Gasteiger partial charge < -0.3 is 5.32 Å². The number of nitrogens with one attached hydrogen (secondary N) is 1. The van der Waals surface area contributed by atoms with Crippen LogP contribution < -0.4 is 5.32 Å². The quantitative estimate of drug-likeness (QED) is 0.837. The van der Waals surface area contributed by atoms with E-state index in [4.69, 9.17) is 0 Å². The summed E-state index contributed by atoms with van der Waals surface area (Å²) in [6.07, 6.45) is -4.43. The number of benzene rings is 2. The molecule has 1 saturated heterocycles. The van der Waals surface area contributed by atoms with E-state index >= 15 is 0 Å². The minimum absolute atomic E-state index is 0.253. The van der Waals surface area contributed by atoms with Gasteiger partial charge in [-0.2, -0.15) is 13.2 Å². The van der Waals surface area contributed by atoms with E-state index in [0.29, 0.717) is 31.7 Å². The summed E-state index contributed by atoms with van der Waals surface area (Å²) in [4.78, 5) is 1.98. The van der Waals surface area contributed by atoms with E-state index in [-0.39, 0.29) is 5.56 Å². The summed E-state index contributed by atoms with van der Waals surface area (Å²) in [5, 5.41) is 3.18. The number of hydrogen-bond donors (Lipinski definition) is 1. The van der Waals surface area contributed by atoms with E-state index in [1.165, 1.54) is 18.2 Å². The molecule has 2 aromatic rings. The van der Waals surface area contributed by atoms with Gasteiger partial charge in [0.25, 0.3) is 0 Å². The summed E-state index contributed by atoms with van der Waals surface area (Å²) in [5.74, 6) is -1.39. The molecular formula is C18H17F5N2. The molecule has 1 unspecified atom stereocenters. The second-order valence-electron chi connectivity index (χ2n) is 5.97. The Labute approximate surface area is 142 Å². The molecule has 1 fully saturated rings. The van der Waals surface area contributed by atoms with Crippen LogP contribution in [0.15, 0.2) is 42.5 Å². The number of piperazine rings is 1. The average molecular weight is 356 g/mol. The van der Waals surface area contributed by atoms with Crippen molar-refractivity contribution in [3.05, 3.63) is 70.8 Å². The number of halogens is 5. The Morgan fingerprint density at radius 3 is 2.12 bits per heavy atom. The standard InChI is InChI=1S/C18H17F5N2/c19-14-5-6-15(16(20)11-14)17(25-9-7-24-8-10-25)12-1-3-13(4-2-12)18(21,22)23/h1-6,11,17,24H,7-10H2. The van der Waals surface area contributed by atoms with Gasteiger partial charge in [-0.25, -0.2) is 8.78 Å². The Bertz CT molecular complexity index is 721. The topological polar surface area (TPSA) is 15.3 Å². The maximum Gasteiger partial charge on any atom is 0.416 e. The highest BCUT2D eigenvalue weighted by Crippen LogP contribution is 2.34. The van der Waals surface area contributed by atoms with Crippen molar-refractivity contribution in [2.45, 2.75) is 12.2 Å². The summed E-state index contributed by atoms with van der Waals surface area (Å²) in [6, 6.07) is 7.46. The molecule has 1 N–H and O–H groups in total. The average Bonchev–Trinajstić information content (AvgIpc) is 2.58. The molecule has 1 aliphatic heterocycles. The molecular weight excluding hydrogens is 339 g/mol. The lowest BCUT2D eigenvalue weighted by atomic mass is 9.95. The van der Waals surface area contributed by atoms with E-state index in [2.05, 4.69) is 5.32 Å². The van der Waals surface area contributed by atoms with Crippen molar-refractivity contribution in [1.82, 2.24) is 10.2 Å². The minimum atomic E-state index is -4.43. The summed E-state index contributed by atoms with van der Waals surface area (Å²) in [6.45, 7) is 2.62. The fourth-order valence-electron chi connectivity index (χ4n) is 3.11. The van der Waals surface area contributed by atoms with Crippen LogP contribution in [0.2, 0.25) is 0 Å². The van der Waals surface area contributed by atoms with Crippen LogP contribution >= 0.6 is 0 Å². The lowest BCUT2D eigenvalue weighted by Gasteiger charge is -2.35. The fourth-order valence-corrected chi connectivity index (χ4v) is 3.11. The highest BCUT2D eigenvalue weighted by atomic mass is 19.4. The SMILES string of the molecule is Fc1ccc(C(c2ccc(C(F)(F)F)cc2)N2CCNCC2)c(F)c1. The van der Waals surface area contributed by atoms with Crippen molar-refractivity contribution in [3.63, 3.8) is 0 Å². The Morgan fingerprint density at radius 1 is 0.920 bits per heavy atom. The number of alkyl halides is 3. The van der Waals surface area contributed by atoms with Gasteiger partial charge in [0.15, 0.2) is 0 Å². The van der Waals surface area contributed by atoms with Crippen LogP contribution in [0.1, 0.15) is 22.7 Å². The molecule has 1 aliphatic rings. The molecule has 0 aromatic heterocycles. The van der Waals surface area contributed by atoms with Crippen LogP contribution in [-0.4, -0.2) is 31.1 Å². The monoisotopic (exact) mass is 356 g/mol. The van der Waals surface area contributed by atoms with Gasteiger partial charge in [-0.05, 0) is 23.8 Å². The van der Waals surface area contributed by atoms with Crippen LogP contribution in [0.4, 0.5) is 22.0 Å². The first-order valence-corrected chi connectivity index (χ1v) is 7.93. The van der Waals surface area contributed by atoms with Crippen molar-refractivity contribution >= 4 is 0 Å². The van der Waals surface area contributed by atoms with Gasteiger partial charge in [0.1, 0.15) is 11.6 Å². The summed E-state index contributed by atoms with van der Waals surface area (Å²) in [5.41, 5.74) is 0.0401. The van der Waals surface area contributed by atoms with Gasteiger partial charge in [-0.1, -0.05) is 18.2 Å². The van der Waals surface area contributed by atoms with Gasteiger partial charge in [-0.3, -0.25) is 4.90 Å². The van der Waals surface area contributed by atoms with Gasteiger partial charge in [0.2, 0.25) is 0 Å². The maximum atomic E-state index is 14.3. The zero-order chi connectivity index (χ0) is 18.0. The third-order valence-electron chi connectivity index (χ3n) is 4.33. The molecule has 0 radical (unpaired) electrons. The number of rotatable bonds is 3. The van der Waals surface area contributed by atoms with Crippen LogP contribution in [0.3, 0.4) is 0 Å². The lowest BCUT2D eigenvalue weighted by molar-refractivity contribution is -0.137. The highest BCUT2D eigenvalue weighted by molar-refractivity contribution is 5.35. The van der Waals surface area contributed by atoms with Crippen molar-refractivity contribution < 1.29 is 22.0 Å². The van der Waals surface area contributed by atoms with Crippen molar-refractivity contribution in [2.75, 3.05) is 26.2 Å².